The van der Waals surface area contributed by atoms with Gasteiger partial charge in [-0.1, -0.05) is 48.7 Å². The number of benzene rings is 1. The molecule has 24 heavy (non-hydrogen) atoms. The Hall–Kier alpha value is -2.18. The number of terminal acetylenes is 1. The number of rotatable bonds is 1. The first-order chi connectivity index (χ1) is 11.8. The number of nitrogens with zero attached hydrogens (tertiary/aromatic N) is 3. The smallest absolute Gasteiger partial charge is 0.0819 e. The van der Waals surface area contributed by atoms with Crippen molar-refractivity contribution in [3.63, 3.8) is 0 Å². The Morgan fingerprint density at radius 2 is 1.62 bits per heavy atom. The average molecular weight is 319 g/mol. The highest BCUT2D eigenvalue weighted by Crippen LogP contribution is 2.40. The Morgan fingerprint density at radius 1 is 1.04 bits per heavy atom. The summed E-state index contributed by atoms with van der Waals surface area (Å²) >= 11 is 0. The van der Waals surface area contributed by atoms with E-state index >= 15 is 0 Å². The molecule has 0 saturated carbocycles. The predicted molar refractivity (Wildman–Crippen MR) is 97.6 cm³/mol. The monoisotopic (exact) mass is 319 g/mol. The van der Waals surface area contributed by atoms with Crippen molar-refractivity contribution in [1.29, 1.82) is 0 Å². The maximum atomic E-state index is 5.57. The van der Waals surface area contributed by atoms with Crippen molar-refractivity contribution in [2.45, 2.75) is 50.1 Å². The zero-order valence-electron chi connectivity index (χ0n) is 14.3. The molecule has 0 radical (unpaired) electrons. The molecule has 2 atom stereocenters. The van der Waals surface area contributed by atoms with Crippen molar-refractivity contribution in [1.82, 2.24) is 15.1 Å². The van der Waals surface area contributed by atoms with E-state index in [1.807, 2.05) is 42.5 Å². The van der Waals surface area contributed by atoms with Crippen molar-refractivity contribution in [2.24, 2.45) is 0 Å². The summed E-state index contributed by atoms with van der Waals surface area (Å²) in [5.74, 6) is 3.25. The van der Waals surface area contributed by atoms with Crippen molar-refractivity contribution in [3.8, 4) is 12.3 Å². The summed E-state index contributed by atoms with van der Waals surface area (Å²) in [6, 6.07) is 15.3. The third-order valence-electron chi connectivity index (χ3n) is 5.30. The number of hydrogen-bond acceptors (Lipinski definition) is 3. The molecular weight excluding hydrogens is 294 g/mol. The second-order valence-electron chi connectivity index (χ2n) is 6.70. The van der Waals surface area contributed by atoms with Gasteiger partial charge in [-0.05, 0) is 38.8 Å². The van der Waals surface area contributed by atoms with Gasteiger partial charge in [0.2, 0.25) is 0 Å². The van der Waals surface area contributed by atoms with E-state index in [0.29, 0.717) is 18.0 Å². The fourth-order valence-corrected chi connectivity index (χ4v) is 3.99. The van der Waals surface area contributed by atoms with Gasteiger partial charge in [0.1, 0.15) is 0 Å². The first kappa shape index (κ1) is 16.7. The van der Waals surface area contributed by atoms with Gasteiger partial charge in [0.05, 0.1) is 11.9 Å². The van der Waals surface area contributed by atoms with E-state index in [4.69, 9.17) is 6.42 Å². The quantitative estimate of drug-likeness (QED) is 0.747. The van der Waals surface area contributed by atoms with Gasteiger partial charge in [-0.2, -0.15) is 10.2 Å². The van der Waals surface area contributed by atoms with Crippen LogP contribution in [0.5, 0.6) is 0 Å². The summed E-state index contributed by atoms with van der Waals surface area (Å²) in [6.07, 6.45) is 13.6. The topological polar surface area (TPSA) is 29.0 Å². The summed E-state index contributed by atoms with van der Waals surface area (Å²) in [4.78, 5) is 2.56. The van der Waals surface area contributed by atoms with E-state index in [0.717, 1.165) is 11.3 Å². The predicted octanol–water partition coefficient (Wildman–Crippen LogP) is 3.87. The highest BCUT2D eigenvalue weighted by Gasteiger charge is 2.37. The van der Waals surface area contributed by atoms with Gasteiger partial charge in [0, 0.05) is 23.6 Å². The van der Waals surface area contributed by atoms with Gasteiger partial charge in [-0.15, -0.1) is 6.42 Å². The molecule has 2 fully saturated rings. The summed E-state index contributed by atoms with van der Waals surface area (Å²) in [6.45, 7) is 0. The zero-order chi connectivity index (χ0) is 16.8. The van der Waals surface area contributed by atoms with E-state index in [1.165, 1.54) is 32.1 Å². The number of fused-ring (bicyclic) bond motifs is 2. The highest BCUT2D eigenvalue weighted by atomic mass is 15.2. The molecule has 2 saturated heterocycles. The fourth-order valence-electron chi connectivity index (χ4n) is 3.99. The largest absolute Gasteiger partial charge is 0.300 e. The summed E-state index contributed by atoms with van der Waals surface area (Å²) < 4.78 is 0. The van der Waals surface area contributed by atoms with Gasteiger partial charge in [0.15, 0.2) is 0 Å². The van der Waals surface area contributed by atoms with Crippen LogP contribution < -0.4 is 0 Å². The van der Waals surface area contributed by atoms with Crippen LogP contribution in [0.25, 0.3) is 0 Å². The van der Waals surface area contributed by atoms with E-state index in [2.05, 4.69) is 28.1 Å². The van der Waals surface area contributed by atoms with Gasteiger partial charge < -0.3 is 4.90 Å². The molecule has 2 aromatic rings. The van der Waals surface area contributed by atoms with Crippen LogP contribution in [0.4, 0.5) is 0 Å². The van der Waals surface area contributed by atoms with Crippen molar-refractivity contribution in [3.05, 3.63) is 59.9 Å². The fraction of sp³-hybridized carbons (Fsp3) is 0.429. The first-order valence-corrected chi connectivity index (χ1v) is 8.79. The third-order valence-corrected chi connectivity index (χ3v) is 5.30. The zero-order valence-corrected chi connectivity index (χ0v) is 14.3. The molecule has 1 aromatic heterocycles. The van der Waals surface area contributed by atoms with Crippen LogP contribution in [0.1, 0.15) is 49.3 Å². The van der Waals surface area contributed by atoms with Crippen LogP contribution in [0.3, 0.4) is 0 Å². The van der Waals surface area contributed by atoms with E-state index < -0.39 is 0 Å². The molecule has 3 nitrogen and oxygen atoms in total. The van der Waals surface area contributed by atoms with Crippen molar-refractivity contribution < 1.29 is 0 Å². The van der Waals surface area contributed by atoms with Crippen LogP contribution >= 0.6 is 0 Å². The Balaban J connectivity index is 0.000000238. The second kappa shape index (κ2) is 8.08. The Morgan fingerprint density at radius 3 is 2.17 bits per heavy atom. The van der Waals surface area contributed by atoms with Gasteiger partial charge in [-0.3, -0.25) is 0 Å². The molecule has 4 rings (SSSR count). The first-order valence-electron chi connectivity index (χ1n) is 8.79. The lowest BCUT2D eigenvalue weighted by Crippen LogP contribution is -2.49. The number of piperidine rings is 2. The van der Waals surface area contributed by atoms with E-state index in [-0.39, 0.29) is 0 Å². The van der Waals surface area contributed by atoms with Crippen LogP contribution in [0.15, 0.2) is 48.7 Å². The van der Waals surface area contributed by atoms with Crippen molar-refractivity contribution in [2.75, 3.05) is 7.05 Å². The lowest BCUT2D eigenvalue weighted by atomic mass is 9.77. The number of hydrogen-bond donors (Lipinski definition) is 0. The molecule has 0 aliphatic carbocycles. The molecule has 0 N–H and O–H groups in total. The standard InChI is InChI=1S/C15H19N3.C6H6/c1-3-11-7-8-16-17-15(11)12-9-13-5-4-6-14(10-12)18(13)2;1-2-4-6-5-3-1/h1,7-8,12-14H,4-6,9-10H2,2H3;1-6H. The summed E-state index contributed by atoms with van der Waals surface area (Å²) in [5.41, 5.74) is 1.97. The molecule has 0 amide bonds. The average Bonchev–Trinajstić information content (AvgIpc) is 2.63. The van der Waals surface area contributed by atoms with E-state index in [1.54, 1.807) is 6.20 Å². The Labute approximate surface area is 145 Å². The van der Waals surface area contributed by atoms with Gasteiger partial charge >= 0.3 is 0 Å². The molecule has 2 bridgehead atoms. The summed E-state index contributed by atoms with van der Waals surface area (Å²) in [7, 11) is 2.27. The number of aromatic nitrogens is 2. The molecule has 2 aliphatic heterocycles. The Bertz CT molecular complexity index is 636. The minimum absolute atomic E-state index is 0.497. The van der Waals surface area contributed by atoms with Crippen molar-refractivity contribution >= 4 is 0 Å². The minimum atomic E-state index is 0.497. The van der Waals surface area contributed by atoms with Crippen LogP contribution in [0.2, 0.25) is 0 Å². The van der Waals surface area contributed by atoms with Crippen LogP contribution in [-0.2, 0) is 0 Å². The minimum Gasteiger partial charge on any atom is -0.300 e. The molecule has 1 aromatic carbocycles. The molecule has 2 unspecified atom stereocenters. The maximum absolute atomic E-state index is 5.57. The van der Waals surface area contributed by atoms with Crippen LogP contribution in [0, 0.1) is 12.3 Å². The molecule has 0 spiro atoms. The lowest BCUT2D eigenvalue weighted by Gasteiger charge is -2.47. The maximum Gasteiger partial charge on any atom is 0.0819 e. The van der Waals surface area contributed by atoms with E-state index in [9.17, 15) is 0 Å². The second-order valence-corrected chi connectivity index (χ2v) is 6.70. The molecule has 124 valence electrons. The SMILES string of the molecule is C#Cc1ccnnc1C1CC2CCCC(C1)N2C.c1ccccc1. The normalized spacial score (nSPS) is 25.9. The van der Waals surface area contributed by atoms with Gasteiger partial charge in [-0.25, -0.2) is 0 Å². The third kappa shape index (κ3) is 3.83. The molecule has 3 heterocycles. The highest BCUT2D eigenvalue weighted by molar-refractivity contribution is 5.36. The van der Waals surface area contributed by atoms with Gasteiger partial charge in [0.25, 0.3) is 0 Å². The summed E-state index contributed by atoms with van der Waals surface area (Å²) in [5, 5.41) is 8.34. The Kier molecular flexibility index (Phi) is 5.61. The molecule has 3 heteroatoms. The lowest BCUT2D eigenvalue weighted by molar-refractivity contribution is 0.0545. The molecular formula is C21H25N3. The van der Waals surface area contributed by atoms with Crippen LogP contribution in [-0.4, -0.2) is 34.2 Å². The molecule has 2 aliphatic rings.